The Labute approximate surface area is 132 Å². The Kier molecular flexibility index (Phi) is 5.59. The van der Waals surface area contributed by atoms with Gasteiger partial charge in [-0.1, -0.05) is 30.7 Å². The van der Waals surface area contributed by atoms with Crippen molar-refractivity contribution < 1.29 is 0 Å². The lowest BCUT2D eigenvalue weighted by Gasteiger charge is -2.21. The number of anilines is 1. The first-order valence-corrected chi connectivity index (χ1v) is 7.60. The van der Waals surface area contributed by atoms with Gasteiger partial charge in [0.05, 0.1) is 22.9 Å². The van der Waals surface area contributed by atoms with Crippen molar-refractivity contribution in [2.24, 2.45) is 0 Å². The number of hydrogen-bond donors (Lipinski definition) is 1. The first-order chi connectivity index (χ1) is 10.1. The molecule has 3 nitrogen and oxygen atoms in total. The number of pyridine rings is 1. The molecule has 21 heavy (non-hydrogen) atoms. The maximum absolute atomic E-state index is 6.41. The summed E-state index contributed by atoms with van der Waals surface area (Å²) in [5.74, 6) is 0. The van der Waals surface area contributed by atoms with Crippen LogP contribution in [0.3, 0.4) is 0 Å². The third kappa shape index (κ3) is 4.45. The Morgan fingerprint density at radius 2 is 2.05 bits per heavy atom. The van der Waals surface area contributed by atoms with E-state index in [1.54, 1.807) is 0 Å². The minimum absolute atomic E-state index is 0.744. The third-order valence-corrected chi connectivity index (χ3v) is 3.65. The first-order valence-electron chi connectivity index (χ1n) is 7.23. The molecule has 1 aromatic carbocycles. The summed E-state index contributed by atoms with van der Waals surface area (Å²) in [5, 5.41) is 4.08. The smallest absolute Gasteiger partial charge is 0.0642 e. The summed E-state index contributed by atoms with van der Waals surface area (Å²) in [6, 6.07) is 12.3. The zero-order chi connectivity index (χ0) is 15.2. The zero-order valence-corrected chi connectivity index (χ0v) is 13.6. The molecule has 2 rings (SSSR count). The molecule has 2 aromatic rings. The van der Waals surface area contributed by atoms with Gasteiger partial charge >= 0.3 is 0 Å². The highest BCUT2D eigenvalue weighted by Gasteiger charge is 2.08. The summed E-state index contributed by atoms with van der Waals surface area (Å²) in [7, 11) is 2.04. The highest BCUT2D eigenvalue weighted by Crippen LogP contribution is 2.27. The second-order valence-corrected chi connectivity index (χ2v) is 5.60. The number of rotatable bonds is 6. The van der Waals surface area contributed by atoms with Gasteiger partial charge in [-0.05, 0) is 43.3 Å². The largest absolute Gasteiger partial charge is 0.367 e. The van der Waals surface area contributed by atoms with Crippen molar-refractivity contribution in [3.05, 3.63) is 58.4 Å². The van der Waals surface area contributed by atoms with Crippen LogP contribution in [0.2, 0.25) is 5.02 Å². The molecule has 1 heterocycles. The van der Waals surface area contributed by atoms with Gasteiger partial charge in [-0.15, -0.1) is 0 Å². The first kappa shape index (κ1) is 15.8. The standard InChI is InChI=1S/C17H22ClN3/c1-4-19-11-14-8-9-17(16(18)10-14)21(3)12-15-7-5-6-13(2)20-15/h5-10,19H,4,11-12H2,1-3H3. The number of halogens is 1. The van der Waals surface area contributed by atoms with E-state index in [2.05, 4.69) is 34.3 Å². The molecule has 1 N–H and O–H groups in total. The lowest BCUT2D eigenvalue weighted by Crippen LogP contribution is -2.18. The monoisotopic (exact) mass is 303 g/mol. The van der Waals surface area contributed by atoms with Crippen LogP contribution in [0.25, 0.3) is 0 Å². The van der Waals surface area contributed by atoms with E-state index in [0.29, 0.717) is 0 Å². The van der Waals surface area contributed by atoms with E-state index in [4.69, 9.17) is 11.6 Å². The molecule has 112 valence electrons. The predicted octanol–water partition coefficient (Wildman–Crippen LogP) is 3.79. The van der Waals surface area contributed by atoms with Crippen LogP contribution in [0.4, 0.5) is 5.69 Å². The molecule has 0 fully saturated rings. The molecule has 0 aliphatic heterocycles. The van der Waals surface area contributed by atoms with E-state index in [-0.39, 0.29) is 0 Å². The highest BCUT2D eigenvalue weighted by atomic mass is 35.5. The van der Waals surface area contributed by atoms with Gasteiger partial charge in [0, 0.05) is 19.3 Å². The molecule has 0 spiro atoms. The molecule has 0 amide bonds. The van der Waals surface area contributed by atoms with Gasteiger partial charge in [0.1, 0.15) is 0 Å². The van der Waals surface area contributed by atoms with Crippen LogP contribution in [0.1, 0.15) is 23.9 Å². The SMILES string of the molecule is CCNCc1ccc(N(C)Cc2cccc(C)n2)c(Cl)c1. The topological polar surface area (TPSA) is 28.2 Å². The Balaban J connectivity index is 2.10. The van der Waals surface area contributed by atoms with Gasteiger partial charge in [0.2, 0.25) is 0 Å². The summed E-state index contributed by atoms with van der Waals surface area (Å²) >= 11 is 6.41. The van der Waals surface area contributed by atoms with Gasteiger partial charge in [-0.3, -0.25) is 4.98 Å². The lowest BCUT2D eigenvalue weighted by atomic mass is 10.2. The maximum Gasteiger partial charge on any atom is 0.0642 e. The number of benzene rings is 1. The second-order valence-electron chi connectivity index (χ2n) is 5.19. The van der Waals surface area contributed by atoms with E-state index in [0.717, 1.165) is 41.7 Å². The van der Waals surface area contributed by atoms with Crippen molar-refractivity contribution in [1.82, 2.24) is 10.3 Å². The molecule has 0 unspecified atom stereocenters. The van der Waals surface area contributed by atoms with Gasteiger partial charge in [-0.25, -0.2) is 0 Å². The van der Waals surface area contributed by atoms with Crippen LogP contribution in [-0.2, 0) is 13.1 Å². The summed E-state index contributed by atoms with van der Waals surface area (Å²) in [4.78, 5) is 6.66. The third-order valence-electron chi connectivity index (χ3n) is 3.35. The van der Waals surface area contributed by atoms with Crippen LogP contribution in [-0.4, -0.2) is 18.6 Å². The molecule has 0 atom stereocenters. The second kappa shape index (κ2) is 7.43. The molecule has 0 saturated carbocycles. The van der Waals surface area contributed by atoms with Crippen molar-refractivity contribution in [2.75, 3.05) is 18.5 Å². The fraction of sp³-hybridized carbons (Fsp3) is 0.353. The molecular weight excluding hydrogens is 282 g/mol. The van der Waals surface area contributed by atoms with E-state index in [1.807, 2.05) is 38.2 Å². The molecular formula is C17H22ClN3. The fourth-order valence-corrected chi connectivity index (χ4v) is 2.60. The van der Waals surface area contributed by atoms with Crippen LogP contribution in [0, 0.1) is 6.92 Å². The van der Waals surface area contributed by atoms with Crippen molar-refractivity contribution in [2.45, 2.75) is 26.9 Å². The van der Waals surface area contributed by atoms with Crippen molar-refractivity contribution in [3.8, 4) is 0 Å². The fourth-order valence-electron chi connectivity index (χ4n) is 2.26. The number of hydrogen-bond acceptors (Lipinski definition) is 3. The Morgan fingerprint density at radius 3 is 2.71 bits per heavy atom. The van der Waals surface area contributed by atoms with Crippen molar-refractivity contribution in [3.63, 3.8) is 0 Å². The van der Waals surface area contributed by atoms with E-state index < -0.39 is 0 Å². The van der Waals surface area contributed by atoms with Crippen LogP contribution in [0.15, 0.2) is 36.4 Å². The Bertz CT molecular complexity index is 598. The summed E-state index contributed by atoms with van der Waals surface area (Å²) in [6.07, 6.45) is 0. The van der Waals surface area contributed by atoms with Crippen LogP contribution in [0.5, 0.6) is 0 Å². The maximum atomic E-state index is 6.41. The van der Waals surface area contributed by atoms with Gasteiger partial charge in [0.15, 0.2) is 0 Å². The number of nitrogens with one attached hydrogen (secondary N) is 1. The molecule has 0 aliphatic rings. The van der Waals surface area contributed by atoms with E-state index in [9.17, 15) is 0 Å². The summed E-state index contributed by atoms with van der Waals surface area (Å²) < 4.78 is 0. The molecule has 0 aliphatic carbocycles. The van der Waals surface area contributed by atoms with Gasteiger partial charge in [0.25, 0.3) is 0 Å². The average molecular weight is 304 g/mol. The van der Waals surface area contributed by atoms with Crippen molar-refractivity contribution in [1.29, 1.82) is 0 Å². The summed E-state index contributed by atoms with van der Waals surface area (Å²) in [5.41, 5.74) is 4.31. The minimum Gasteiger partial charge on any atom is -0.367 e. The van der Waals surface area contributed by atoms with Crippen molar-refractivity contribution >= 4 is 17.3 Å². The number of nitrogens with zero attached hydrogens (tertiary/aromatic N) is 2. The quantitative estimate of drug-likeness (QED) is 0.880. The van der Waals surface area contributed by atoms with Crippen LogP contribution >= 0.6 is 11.6 Å². The van der Waals surface area contributed by atoms with E-state index in [1.165, 1.54) is 5.56 Å². The van der Waals surface area contributed by atoms with Gasteiger partial charge < -0.3 is 10.2 Å². The molecule has 1 aromatic heterocycles. The average Bonchev–Trinajstić information content (AvgIpc) is 2.45. The van der Waals surface area contributed by atoms with Crippen LogP contribution < -0.4 is 10.2 Å². The molecule has 0 radical (unpaired) electrons. The normalized spacial score (nSPS) is 10.7. The molecule has 0 bridgehead atoms. The highest BCUT2D eigenvalue weighted by molar-refractivity contribution is 6.33. The lowest BCUT2D eigenvalue weighted by molar-refractivity contribution is 0.726. The predicted molar refractivity (Wildman–Crippen MR) is 89.9 cm³/mol. The Morgan fingerprint density at radius 1 is 1.24 bits per heavy atom. The molecule has 4 heteroatoms. The number of aromatic nitrogens is 1. The minimum atomic E-state index is 0.744. The van der Waals surface area contributed by atoms with E-state index >= 15 is 0 Å². The number of aryl methyl sites for hydroxylation is 1. The summed E-state index contributed by atoms with van der Waals surface area (Å²) in [6.45, 7) is 6.65. The van der Waals surface area contributed by atoms with Gasteiger partial charge in [-0.2, -0.15) is 0 Å². The molecule has 0 saturated heterocycles. The zero-order valence-electron chi connectivity index (χ0n) is 12.9. The Hall–Kier alpha value is -1.58.